The van der Waals surface area contributed by atoms with Gasteiger partial charge >= 0.3 is 12.4 Å². The van der Waals surface area contributed by atoms with Crippen molar-refractivity contribution in [3.05, 3.63) is 29.3 Å². The molecule has 4 nitrogen and oxygen atoms in total. The average molecular weight is 408 g/mol. The van der Waals surface area contributed by atoms with Crippen LogP contribution in [0.1, 0.15) is 31.4 Å². The first-order valence-electron chi connectivity index (χ1n) is 7.65. The molecule has 0 unspecified atom stereocenters. The molecular weight excluding hydrogens is 394 g/mol. The number of thioether (sulfide) groups is 1. The van der Waals surface area contributed by atoms with E-state index in [4.69, 9.17) is 5.26 Å². The summed E-state index contributed by atoms with van der Waals surface area (Å²) >= 11 is 1.10. The summed E-state index contributed by atoms with van der Waals surface area (Å²) in [4.78, 5) is 4.14. The van der Waals surface area contributed by atoms with E-state index in [9.17, 15) is 26.3 Å². The number of alkyl halides is 6. The van der Waals surface area contributed by atoms with E-state index >= 15 is 0 Å². The van der Waals surface area contributed by atoms with Crippen molar-refractivity contribution in [2.75, 3.05) is 5.75 Å². The van der Waals surface area contributed by atoms with Crippen molar-refractivity contribution in [3.8, 4) is 6.07 Å². The number of halogens is 6. The molecule has 1 aromatic rings. The SMILES string of the molecule is CCS/C(=N\c1ccc(C#N)c(C(F)(F)F)c1)[C@@]1(C)CC(C(F)(F)F)=NN1. The maximum atomic E-state index is 13.1. The van der Waals surface area contributed by atoms with Gasteiger partial charge in [0, 0.05) is 6.42 Å². The molecule has 0 aliphatic carbocycles. The molecule has 27 heavy (non-hydrogen) atoms. The number of nitrogens with zero attached hydrogens (tertiary/aromatic N) is 3. The predicted octanol–water partition coefficient (Wildman–Crippen LogP) is 5.03. The number of rotatable bonds is 3. The van der Waals surface area contributed by atoms with Crippen LogP contribution in [-0.2, 0) is 6.18 Å². The Morgan fingerprint density at radius 2 is 1.96 bits per heavy atom. The third-order valence-corrected chi connectivity index (χ3v) is 4.80. The Morgan fingerprint density at radius 1 is 1.30 bits per heavy atom. The second-order valence-corrected chi connectivity index (χ2v) is 7.12. The number of hydrazone groups is 1. The zero-order chi connectivity index (χ0) is 20.5. The molecule has 0 fully saturated rings. The van der Waals surface area contributed by atoms with Crippen LogP contribution in [0.4, 0.5) is 32.0 Å². The summed E-state index contributed by atoms with van der Waals surface area (Å²) in [6, 6.07) is 4.37. The molecule has 1 aliphatic rings. The average Bonchev–Trinajstić information content (AvgIpc) is 2.97. The fourth-order valence-corrected chi connectivity index (χ4v) is 3.27. The highest BCUT2D eigenvalue weighted by molar-refractivity contribution is 8.14. The van der Waals surface area contributed by atoms with Crippen molar-refractivity contribution in [1.82, 2.24) is 5.43 Å². The Bertz CT molecular complexity index is 822. The summed E-state index contributed by atoms with van der Waals surface area (Å²) in [7, 11) is 0. The molecule has 1 aliphatic heterocycles. The minimum Gasteiger partial charge on any atom is -0.297 e. The highest BCUT2D eigenvalue weighted by atomic mass is 32.2. The topological polar surface area (TPSA) is 60.5 Å². The molecule has 146 valence electrons. The second-order valence-electron chi connectivity index (χ2n) is 5.87. The van der Waals surface area contributed by atoms with E-state index in [-0.39, 0.29) is 10.7 Å². The first-order chi connectivity index (χ1) is 12.4. The van der Waals surface area contributed by atoms with Crippen molar-refractivity contribution < 1.29 is 26.3 Å². The lowest BCUT2D eigenvalue weighted by molar-refractivity contribution is -0.137. The largest absolute Gasteiger partial charge is 0.431 e. The molecule has 0 bridgehead atoms. The lowest BCUT2D eigenvalue weighted by Crippen LogP contribution is -2.43. The van der Waals surface area contributed by atoms with Gasteiger partial charge in [0.15, 0.2) is 0 Å². The van der Waals surface area contributed by atoms with Crippen molar-refractivity contribution in [2.45, 2.75) is 38.2 Å². The summed E-state index contributed by atoms with van der Waals surface area (Å²) in [5.74, 6) is 0.444. The summed E-state index contributed by atoms with van der Waals surface area (Å²) < 4.78 is 77.9. The van der Waals surface area contributed by atoms with Gasteiger partial charge in [-0.05, 0) is 30.9 Å². The van der Waals surface area contributed by atoms with E-state index in [0.29, 0.717) is 11.8 Å². The minimum atomic E-state index is -4.75. The number of nitrogens with one attached hydrogen (secondary N) is 1. The Balaban J connectivity index is 2.44. The number of hydrogen-bond donors (Lipinski definition) is 1. The Labute approximate surface area is 155 Å². The molecule has 0 saturated heterocycles. The first kappa shape index (κ1) is 21.1. The van der Waals surface area contributed by atoms with Crippen molar-refractivity contribution in [1.29, 1.82) is 5.26 Å². The van der Waals surface area contributed by atoms with Gasteiger partial charge in [-0.1, -0.05) is 6.92 Å². The third kappa shape index (κ3) is 4.74. The smallest absolute Gasteiger partial charge is 0.297 e. The minimum absolute atomic E-state index is 0.110. The van der Waals surface area contributed by atoms with Crippen LogP contribution in [0, 0.1) is 11.3 Å². The molecule has 11 heteroatoms. The zero-order valence-electron chi connectivity index (χ0n) is 14.2. The third-order valence-electron chi connectivity index (χ3n) is 3.70. The van der Waals surface area contributed by atoms with Crippen LogP contribution in [0.5, 0.6) is 0 Å². The second kappa shape index (κ2) is 7.42. The van der Waals surface area contributed by atoms with E-state index in [1.807, 2.05) is 0 Å². The number of hydrogen-bond acceptors (Lipinski definition) is 5. The molecule has 1 atom stereocenters. The maximum Gasteiger partial charge on any atom is 0.431 e. The Morgan fingerprint density at radius 3 is 2.44 bits per heavy atom. The number of aliphatic imine (C=N–C) groups is 1. The fourth-order valence-electron chi connectivity index (χ4n) is 2.39. The molecule has 0 radical (unpaired) electrons. The monoisotopic (exact) mass is 408 g/mol. The molecule has 0 amide bonds. The maximum absolute atomic E-state index is 13.1. The zero-order valence-corrected chi connectivity index (χ0v) is 15.0. The van der Waals surface area contributed by atoms with E-state index in [2.05, 4.69) is 15.5 Å². The molecule has 0 spiro atoms. The van der Waals surface area contributed by atoms with Gasteiger partial charge in [0.05, 0.1) is 22.9 Å². The standard InChI is InChI=1S/C16H14F6N4S/c1-3-27-13(14(2)7-12(25-26-14)16(20,21)22)24-10-5-4-9(8-23)11(6-10)15(17,18)19/h4-6,26H,3,7H2,1-2H3/b24-13-/t14-/m1/s1. The molecule has 1 heterocycles. The summed E-state index contributed by atoms with van der Waals surface area (Å²) in [6.07, 6.45) is -9.86. The van der Waals surface area contributed by atoms with Gasteiger partial charge in [-0.15, -0.1) is 11.8 Å². The molecule has 0 saturated carbocycles. The Hall–Kier alpha value is -2.22. The van der Waals surface area contributed by atoms with Gasteiger partial charge in [-0.2, -0.15) is 36.7 Å². The molecule has 0 aromatic heterocycles. The highest BCUT2D eigenvalue weighted by Crippen LogP contribution is 2.36. The quantitative estimate of drug-likeness (QED) is 0.434. The lowest BCUT2D eigenvalue weighted by atomic mass is 9.98. The van der Waals surface area contributed by atoms with Gasteiger partial charge in [0.2, 0.25) is 0 Å². The number of benzene rings is 1. The first-order valence-corrected chi connectivity index (χ1v) is 8.63. The van der Waals surface area contributed by atoms with Crippen LogP contribution in [0.25, 0.3) is 0 Å². The fraction of sp³-hybridized carbons (Fsp3) is 0.438. The van der Waals surface area contributed by atoms with Crippen molar-refractivity contribution in [3.63, 3.8) is 0 Å². The van der Waals surface area contributed by atoms with Crippen LogP contribution in [0.3, 0.4) is 0 Å². The molecule has 1 aromatic carbocycles. The van der Waals surface area contributed by atoms with E-state index in [1.54, 1.807) is 6.92 Å². The van der Waals surface area contributed by atoms with Crippen LogP contribution < -0.4 is 5.43 Å². The summed E-state index contributed by atoms with van der Waals surface area (Å²) in [5.41, 5.74) is -1.71. The molecular formula is C16H14F6N4S. The normalized spacial score (nSPS) is 20.9. The van der Waals surface area contributed by atoms with Gasteiger partial charge in [-0.3, -0.25) is 5.43 Å². The van der Waals surface area contributed by atoms with Crippen LogP contribution in [0.15, 0.2) is 28.3 Å². The van der Waals surface area contributed by atoms with Crippen molar-refractivity contribution >= 4 is 28.2 Å². The van der Waals surface area contributed by atoms with Crippen molar-refractivity contribution in [2.24, 2.45) is 10.1 Å². The predicted molar refractivity (Wildman–Crippen MR) is 91.0 cm³/mol. The van der Waals surface area contributed by atoms with E-state index < -0.39 is 41.2 Å². The highest BCUT2D eigenvalue weighted by Gasteiger charge is 2.47. The summed E-state index contributed by atoms with van der Waals surface area (Å²) in [5, 5.41) is 12.3. The van der Waals surface area contributed by atoms with Crippen LogP contribution in [-0.4, -0.2) is 28.2 Å². The number of nitriles is 1. The van der Waals surface area contributed by atoms with Gasteiger partial charge in [-0.25, -0.2) is 4.99 Å². The molecule has 2 rings (SSSR count). The van der Waals surface area contributed by atoms with E-state index in [0.717, 1.165) is 17.8 Å². The van der Waals surface area contributed by atoms with Crippen LogP contribution in [0.2, 0.25) is 0 Å². The van der Waals surface area contributed by atoms with Gasteiger partial charge in [0.1, 0.15) is 16.3 Å². The van der Waals surface area contributed by atoms with Gasteiger partial charge < -0.3 is 0 Å². The van der Waals surface area contributed by atoms with E-state index in [1.165, 1.54) is 19.1 Å². The van der Waals surface area contributed by atoms with Gasteiger partial charge in [0.25, 0.3) is 0 Å². The van der Waals surface area contributed by atoms with Crippen LogP contribution >= 0.6 is 11.8 Å². The summed E-state index contributed by atoms with van der Waals surface area (Å²) in [6.45, 7) is 3.19. The lowest BCUT2D eigenvalue weighted by Gasteiger charge is -2.25. The molecule has 1 N–H and O–H groups in total. The Kier molecular flexibility index (Phi) is 5.79.